The van der Waals surface area contributed by atoms with Gasteiger partial charge >= 0.3 is 6.03 Å². The number of hydrogen-bond donors (Lipinski definition) is 3. The van der Waals surface area contributed by atoms with Crippen LogP contribution in [0.4, 0.5) is 10.5 Å². The van der Waals surface area contributed by atoms with Crippen molar-refractivity contribution in [3.05, 3.63) is 23.8 Å². The molecule has 5 heteroatoms. The second kappa shape index (κ2) is 7.14. The Bertz CT molecular complexity index is 448. The minimum atomic E-state index is -0.581. The number of aliphatic hydroxyl groups excluding tert-OH is 1. The smallest absolute Gasteiger partial charge is 0.319 e. The highest BCUT2D eigenvalue weighted by molar-refractivity contribution is 5.91. The van der Waals surface area contributed by atoms with Crippen LogP contribution in [0.2, 0.25) is 0 Å². The van der Waals surface area contributed by atoms with Crippen molar-refractivity contribution in [3.8, 4) is 5.75 Å². The van der Waals surface area contributed by atoms with Gasteiger partial charge in [-0.05, 0) is 37.5 Å². The van der Waals surface area contributed by atoms with Gasteiger partial charge in [-0.25, -0.2) is 4.79 Å². The zero-order chi connectivity index (χ0) is 15.2. The molecule has 0 aromatic heterocycles. The van der Waals surface area contributed by atoms with Gasteiger partial charge in [0.15, 0.2) is 0 Å². The van der Waals surface area contributed by atoms with Gasteiger partial charge in [-0.2, -0.15) is 0 Å². The van der Waals surface area contributed by atoms with Gasteiger partial charge in [0.05, 0.1) is 24.9 Å². The lowest BCUT2D eigenvalue weighted by Gasteiger charge is -2.30. The van der Waals surface area contributed by atoms with Crippen LogP contribution in [-0.4, -0.2) is 30.4 Å². The summed E-state index contributed by atoms with van der Waals surface area (Å²) >= 11 is 0. The molecule has 0 bridgehead atoms. The monoisotopic (exact) mass is 280 g/mol. The van der Waals surface area contributed by atoms with Crippen LogP contribution in [0.25, 0.3) is 0 Å². The van der Waals surface area contributed by atoms with Crippen molar-refractivity contribution in [1.29, 1.82) is 0 Å². The molecule has 0 radical (unpaired) electrons. The minimum absolute atomic E-state index is 0.0849. The molecule has 0 atom stereocenters. The molecule has 1 aromatic carbocycles. The molecule has 0 aliphatic rings. The quantitative estimate of drug-likeness (QED) is 0.750. The molecule has 0 aliphatic carbocycles. The molecule has 0 spiro atoms. The summed E-state index contributed by atoms with van der Waals surface area (Å²) in [6.45, 7) is 5.74. The summed E-state index contributed by atoms with van der Waals surface area (Å²) in [5.41, 5.74) is 1.08. The van der Waals surface area contributed by atoms with Crippen molar-refractivity contribution in [2.75, 3.05) is 19.0 Å². The number of hydrogen-bond acceptors (Lipinski definition) is 3. The minimum Gasteiger partial charge on any atom is -0.495 e. The molecule has 5 nitrogen and oxygen atoms in total. The Balaban J connectivity index is 2.81. The van der Waals surface area contributed by atoms with E-state index < -0.39 is 5.54 Å². The Hall–Kier alpha value is -1.75. The highest BCUT2D eigenvalue weighted by Crippen LogP contribution is 2.25. The normalized spacial score (nSPS) is 11.1. The number of urea groups is 1. The van der Waals surface area contributed by atoms with Gasteiger partial charge in [-0.1, -0.05) is 19.9 Å². The van der Waals surface area contributed by atoms with E-state index in [9.17, 15) is 9.90 Å². The number of aliphatic hydroxyl groups is 1. The van der Waals surface area contributed by atoms with Crippen LogP contribution in [0.15, 0.2) is 18.2 Å². The summed E-state index contributed by atoms with van der Waals surface area (Å²) < 4.78 is 5.24. The zero-order valence-corrected chi connectivity index (χ0v) is 12.6. The zero-order valence-electron chi connectivity index (χ0n) is 12.6. The lowest BCUT2D eigenvalue weighted by molar-refractivity contribution is 0.155. The average Bonchev–Trinajstić information content (AvgIpc) is 2.46. The second-order valence-corrected chi connectivity index (χ2v) is 4.93. The fourth-order valence-corrected chi connectivity index (χ4v) is 1.99. The van der Waals surface area contributed by atoms with E-state index in [2.05, 4.69) is 10.6 Å². The van der Waals surface area contributed by atoms with E-state index in [1.54, 1.807) is 13.2 Å². The number of amides is 2. The Labute approximate surface area is 120 Å². The topological polar surface area (TPSA) is 70.6 Å². The third-order valence-corrected chi connectivity index (χ3v) is 3.64. The number of carbonyl (C=O) groups excluding carboxylic acids is 1. The second-order valence-electron chi connectivity index (χ2n) is 4.93. The van der Waals surface area contributed by atoms with Crippen LogP contribution in [0.5, 0.6) is 5.75 Å². The molecule has 2 amide bonds. The first kappa shape index (κ1) is 16.3. The summed E-state index contributed by atoms with van der Waals surface area (Å²) in [5.74, 6) is 0.614. The molecule has 20 heavy (non-hydrogen) atoms. The Morgan fingerprint density at radius 3 is 2.50 bits per heavy atom. The van der Waals surface area contributed by atoms with Gasteiger partial charge in [0.25, 0.3) is 0 Å². The molecule has 0 unspecified atom stereocenters. The summed E-state index contributed by atoms with van der Waals surface area (Å²) in [6.07, 6.45) is 1.33. The maximum Gasteiger partial charge on any atom is 0.319 e. The van der Waals surface area contributed by atoms with Crippen molar-refractivity contribution in [2.24, 2.45) is 0 Å². The van der Waals surface area contributed by atoms with Gasteiger partial charge < -0.3 is 20.5 Å². The van der Waals surface area contributed by atoms with Crippen molar-refractivity contribution in [1.82, 2.24) is 5.32 Å². The van der Waals surface area contributed by atoms with E-state index in [-0.39, 0.29) is 12.6 Å². The van der Waals surface area contributed by atoms with Crippen LogP contribution in [0.3, 0.4) is 0 Å². The van der Waals surface area contributed by atoms with Crippen molar-refractivity contribution in [3.63, 3.8) is 0 Å². The van der Waals surface area contributed by atoms with Gasteiger partial charge in [0.2, 0.25) is 0 Å². The first-order valence-electron chi connectivity index (χ1n) is 6.85. The lowest BCUT2D eigenvalue weighted by Crippen LogP contribution is -2.52. The Kier molecular flexibility index (Phi) is 5.82. The molecule has 0 heterocycles. The molecule has 0 fully saturated rings. The number of nitrogens with one attached hydrogen (secondary N) is 2. The highest BCUT2D eigenvalue weighted by atomic mass is 16.5. The van der Waals surface area contributed by atoms with Crippen molar-refractivity contribution >= 4 is 11.7 Å². The Morgan fingerprint density at radius 1 is 1.35 bits per heavy atom. The van der Waals surface area contributed by atoms with Gasteiger partial charge in [0.1, 0.15) is 5.75 Å². The van der Waals surface area contributed by atoms with E-state index in [0.717, 1.165) is 5.56 Å². The van der Waals surface area contributed by atoms with Gasteiger partial charge in [-0.3, -0.25) is 0 Å². The maximum absolute atomic E-state index is 12.1. The average molecular weight is 280 g/mol. The van der Waals surface area contributed by atoms with E-state index in [0.29, 0.717) is 24.3 Å². The number of aryl methyl sites for hydroxylation is 1. The number of anilines is 1. The van der Waals surface area contributed by atoms with Crippen molar-refractivity contribution in [2.45, 2.75) is 39.2 Å². The number of ether oxygens (including phenoxy) is 1. The number of methoxy groups -OCH3 is 1. The predicted octanol–water partition coefficient (Wildman–Crippen LogP) is 2.68. The fraction of sp³-hybridized carbons (Fsp3) is 0.533. The molecule has 0 saturated heterocycles. The summed E-state index contributed by atoms with van der Waals surface area (Å²) in [4.78, 5) is 12.1. The number of rotatable bonds is 6. The van der Waals surface area contributed by atoms with Gasteiger partial charge in [-0.15, -0.1) is 0 Å². The van der Waals surface area contributed by atoms with E-state index in [4.69, 9.17) is 4.74 Å². The SMILES string of the molecule is CCC(CC)(CO)NC(=O)Nc1ccc(C)cc1OC. The lowest BCUT2D eigenvalue weighted by atomic mass is 9.94. The third kappa shape index (κ3) is 3.87. The van der Waals surface area contributed by atoms with Crippen LogP contribution in [-0.2, 0) is 0 Å². The maximum atomic E-state index is 12.1. The standard InChI is InChI=1S/C15H24N2O3/c1-5-15(6-2,10-18)17-14(19)16-12-8-7-11(3)9-13(12)20-4/h7-9,18H,5-6,10H2,1-4H3,(H2,16,17,19). The summed E-state index contributed by atoms with van der Waals surface area (Å²) in [7, 11) is 1.56. The molecule has 1 aromatic rings. The summed E-state index contributed by atoms with van der Waals surface area (Å²) in [6, 6.07) is 5.21. The number of benzene rings is 1. The summed E-state index contributed by atoms with van der Waals surface area (Å²) in [5, 5.41) is 15.1. The third-order valence-electron chi connectivity index (χ3n) is 3.64. The molecule has 0 saturated carbocycles. The fourth-order valence-electron chi connectivity index (χ4n) is 1.99. The van der Waals surface area contributed by atoms with Gasteiger partial charge in [0, 0.05) is 0 Å². The molecule has 112 valence electrons. The Morgan fingerprint density at radius 2 is 2.00 bits per heavy atom. The van der Waals surface area contributed by atoms with Crippen LogP contribution in [0.1, 0.15) is 32.3 Å². The van der Waals surface area contributed by atoms with Crippen molar-refractivity contribution < 1.29 is 14.6 Å². The van der Waals surface area contributed by atoms with Crippen LogP contribution < -0.4 is 15.4 Å². The molecule has 1 rings (SSSR count). The first-order chi connectivity index (χ1) is 9.50. The molecule has 3 N–H and O–H groups in total. The predicted molar refractivity (Wildman–Crippen MR) is 80.3 cm³/mol. The van der Waals surface area contributed by atoms with E-state index in [1.165, 1.54) is 0 Å². The number of carbonyl (C=O) groups is 1. The molecular weight excluding hydrogens is 256 g/mol. The largest absolute Gasteiger partial charge is 0.495 e. The van der Waals surface area contributed by atoms with Crippen LogP contribution >= 0.6 is 0 Å². The van der Waals surface area contributed by atoms with Crippen LogP contribution in [0, 0.1) is 6.92 Å². The molecular formula is C15H24N2O3. The van der Waals surface area contributed by atoms with E-state index in [1.807, 2.05) is 32.9 Å². The first-order valence-corrected chi connectivity index (χ1v) is 6.85. The van der Waals surface area contributed by atoms with E-state index >= 15 is 0 Å². The highest BCUT2D eigenvalue weighted by Gasteiger charge is 2.27. The molecule has 0 aliphatic heterocycles.